The van der Waals surface area contributed by atoms with E-state index in [1.165, 1.54) is 5.39 Å². The van der Waals surface area contributed by atoms with E-state index in [0.29, 0.717) is 5.56 Å². The maximum absolute atomic E-state index is 10.1. The fourth-order valence-electron chi connectivity index (χ4n) is 3.40. The first-order chi connectivity index (χ1) is 14.2. The normalized spacial score (nSPS) is 11.6. The molecule has 0 amide bonds. The fourth-order valence-corrected chi connectivity index (χ4v) is 3.77. The lowest BCUT2D eigenvalue weighted by molar-refractivity contribution is 0.474. The third-order valence-electron chi connectivity index (χ3n) is 4.84. The van der Waals surface area contributed by atoms with Crippen LogP contribution < -0.4 is 0 Å². The highest BCUT2D eigenvalue weighted by molar-refractivity contribution is 9.10. The molecule has 0 aliphatic heterocycles. The summed E-state index contributed by atoms with van der Waals surface area (Å²) in [6.07, 6.45) is 3.61. The summed E-state index contributed by atoms with van der Waals surface area (Å²) in [4.78, 5) is 9.54. The molecule has 0 unspecified atom stereocenters. The van der Waals surface area contributed by atoms with E-state index >= 15 is 0 Å². The zero-order chi connectivity index (χ0) is 19.8. The summed E-state index contributed by atoms with van der Waals surface area (Å²) in [6.45, 7) is 0. The molecule has 5 rings (SSSR count). The molecule has 1 N–H and O–H groups in total. The number of phenols is 1. The Labute approximate surface area is 175 Å². The first-order valence-electron chi connectivity index (χ1n) is 9.18. The molecule has 0 fully saturated rings. The molecular weight excluding hydrogens is 426 g/mol. The van der Waals surface area contributed by atoms with E-state index in [1.807, 2.05) is 47.0 Å². The van der Waals surface area contributed by atoms with Crippen molar-refractivity contribution in [2.75, 3.05) is 0 Å². The molecular formula is C24H16BrN3O. The van der Waals surface area contributed by atoms with Gasteiger partial charge in [0, 0.05) is 28.0 Å². The van der Waals surface area contributed by atoms with Gasteiger partial charge in [0.2, 0.25) is 0 Å². The fraction of sp³-hybridized carbons (Fsp3) is 0. The van der Waals surface area contributed by atoms with Crippen molar-refractivity contribution in [1.82, 2.24) is 9.38 Å². The molecule has 0 saturated heterocycles. The number of halogens is 1. The number of nitrogens with zero attached hydrogens (tertiary/aromatic N) is 3. The molecule has 2 heterocycles. The summed E-state index contributed by atoms with van der Waals surface area (Å²) in [5.41, 5.74) is 3.25. The highest BCUT2D eigenvalue weighted by Crippen LogP contribution is 2.33. The lowest BCUT2D eigenvalue weighted by atomic mass is 10.1. The molecule has 0 spiro atoms. The van der Waals surface area contributed by atoms with Crippen LogP contribution in [0.1, 0.15) is 5.56 Å². The van der Waals surface area contributed by atoms with E-state index in [0.717, 1.165) is 32.6 Å². The van der Waals surface area contributed by atoms with Crippen LogP contribution in [0.2, 0.25) is 0 Å². The molecule has 140 valence electrons. The van der Waals surface area contributed by atoms with Gasteiger partial charge in [0.15, 0.2) is 5.82 Å². The number of pyridine rings is 1. The molecule has 0 aliphatic rings. The third kappa shape index (κ3) is 3.30. The summed E-state index contributed by atoms with van der Waals surface area (Å²) < 4.78 is 2.83. The van der Waals surface area contributed by atoms with E-state index in [2.05, 4.69) is 46.3 Å². The minimum absolute atomic E-state index is 0.179. The first-order valence-corrected chi connectivity index (χ1v) is 9.97. The Hall–Kier alpha value is -3.44. The number of hydrogen-bond donors (Lipinski definition) is 1. The molecule has 2 aromatic heterocycles. The van der Waals surface area contributed by atoms with Gasteiger partial charge in [0.1, 0.15) is 17.1 Å². The van der Waals surface area contributed by atoms with Gasteiger partial charge in [-0.05, 0) is 47.2 Å². The molecule has 29 heavy (non-hydrogen) atoms. The van der Waals surface area contributed by atoms with Gasteiger partial charge in [0.05, 0.1) is 0 Å². The van der Waals surface area contributed by atoms with Gasteiger partial charge in [-0.15, -0.1) is 0 Å². The van der Waals surface area contributed by atoms with Gasteiger partial charge in [0.25, 0.3) is 0 Å². The van der Waals surface area contributed by atoms with Crippen molar-refractivity contribution in [3.05, 3.63) is 95.1 Å². The predicted octanol–water partition coefficient (Wildman–Crippen LogP) is 6.37. The van der Waals surface area contributed by atoms with E-state index in [-0.39, 0.29) is 5.75 Å². The van der Waals surface area contributed by atoms with Crippen LogP contribution in [-0.2, 0) is 0 Å². The second-order valence-electron chi connectivity index (χ2n) is 6.74. The first kappa shape index (κ1) is 17.6. The number of fused-ring (bicyclic) bond motifs is 2. The van der Waals surface area contributed by atoms with Crippen LogP contribution in [0.4, 0.5) is 5.82 Å². The van der Waals surface area contributed by atoms with Crippen molar-refractivity contribution in [1.29, 1.82) is 0 Å². The number of aromatic nitrogens is 2. The number of rotatable bonds is 3. The molecule has 0 radical (unpaired) electrons. The number of aliphatic imine (C=N–C) groups is 1. The van der Waals surface area contributed by atoms with Gasteiger partial charge >= 0.3 is 0 Å². The highest BCUT2D eigenvalue weighted by Gasteiger charge is 2.13. The lowest BCUT2D eigenvalue weighted by Crippen LogP contribution is -1.86. The molecule has 0 atom stereocenters. The van der Waals surface area contributed by atoms with Gasteiger partial charge < -0.3 is 5.11 Å². The van der Waals surface area contributed by atoms with Crippen molar-refractivity contribution in [2.24, 2.45) is 4.99 Å². The summed E-state index contributed by atoms with van der Waals surface area (Å²) in [5, 5.41) is 12.5. The van der Waals surface area contributed by atoms with Crippen molar-refractivity contribution in [3.8, 4) is 17.0 Å². The molecule has 3 aromatic carbocycles. The zero-order valence-electron chi connectivity index (χ0n) is 15.3. The smallest absolute Gasteiger partial charge is 0.165 e. The minimum Gasteiger partial charge on any atom is -0.507 e. The van der Waals surface area contributed by atoms with Crippen molar-refractivity contribution < 1.29 is 5.11 Å². The maximum Gasteiger partial charge on any atom is 0.165 e. The van der Waals surface area contributed by atoms with Crippen LogP contribution in [0.25, 0.3) is 27.7 Å². The number of benzene rings is 3. The van der Waals surface area contributed by atoms with Crippen molar-refractivity contribution in [2.45, 2.75) is 0 Å². The average Bonchev–Trinajstić information content (AvgIpc) is 3.12. The van der Waals surface area contributed by atoms with E-state index in [9.17, 15) is 5.11 Å². The SMILES string of the molecule is Oc1ccc(Br)cc1/C=N/c1c(-c2ccc3ccccc3c2)nc2ccccn12. The van der Waals surface area contributed by atoms with Crippen LogP contribution in [0.5, 0.6) is 5.75 Å². The van der Waals surface area contributed by atoms with Gasteiger partial charge in [-0.2, -0.15) is 0 Å². The van der Waals surface area contributed by atoms with E-state index in [1.54, 1.807) is 18.3 Å². The number of hydrogen-bond acceptors (Lipinski definition) is 3. The van der Waals surface area contributed by atoms with E-state index in [4.69, 9.17) is 9.98 Å². The summed E-state index contributed by atoms with van der Waals surface area (Å²) in [6, 6.07) is 25.7. The van der Waals surface area contributed by atoms with Crippen LogP contribution in [0, 0.1) is 0 Å². The molecule has 0 aliphatic carbocycles. The Kier molecular flexibility index (Phi) is 4.37. The van der Waals surface area contributed by atoms with E-state index < -0.39 is 0 Å². The number of phenolic OH excluding ortho intramolecular Hbond substituents is 1. The Balaban J connectivity index is 1.69. The molecule has 5 heteroatoms. The maximum atomic E-state index is 10.1. The van der Waals surface area contributed by atoms with Crippen LogP contribution in [0.3, 0.4) is 0 Å². The number of aromatic hydroxyl groups is 1. The second-order valence-corrected chi connectivity index (χ2v) is 7.65. The van der Waals surface area contributed by atoms with Crippen LogP contribution >= 0.6 is 15.9 Å². The zero-order valence-corrected chi connectivity index (χ0v) is 16.9. The summed E-state index contributed by atoms with van der Waals surface area (Å²) >= 11 is 3.44. The second kappa shape index (κ2) is 7.18. The van der Waals surface area contributed by atoms with Gasteiger partial charge in [-0.3, -0.25) is 4.40 Å². The largest absolute Gasteiger partial charge is 0.507 e. The topological polar surface area (TPSA) is 49.9 Å². The van der Waals surface area contributed by atoms with Crippen LogP contribution in [-0.4, -0.2) is 20.7 Å². The Morgan fingerprint density at radius 1 is 0.897 bits per heavy atom. The molecule has 0 bridgehead atoms. The summed E-state index contributed by atoms with van der Waals surface area (Å²) in [7, 11) is 0. The van der Waals surface area contributed by atoms with Crippen molar-refractivity contribution in [3.63, 3.8) is 0 Å². The average molecular weight is 442 g/mol. The monoisotopic (exact) mass is 441 g/mol. The van der Waals surface area contributed by atoms with Gasteiger partial charge in [-0.25, -0.2) is 9.98 Å². The molecule has 5 aromatic rings. The Bertz CT molecular complexity index is 1390. The third-order valence-corrected chi connectivity index (χ3v) is 5.34. The summed E-state index contributed by atoms with van der Waals surface area (Å²) in [5.74, 6) is 0.897. The van der Waals surface area contributed by atoms with Crippen LogP contribution in [0.15, 0.2) is 94.5 Å². The van der Waals surface area contributed by atoms with Gasteiger partial charge in [-0.1, -0.05) is 58.4 Å². The Morgan fingerprint density at radius 2 is 1.72 bits per heavy atom. The highest BCUT2D eigenvalue weighted by atomic mass is 79.9. The standard InChI is InChI=1S/C24H16BrN3O/c25-20-10-11-21(29)19(14-20)15-26-24-23(27-22-7-3-4-12-28(22)24)18-9-8-16-5-1-2-6-17(16)13-18/h1-15,29H/b26-15+. The number of imidazole rings is 1. The molecule has 0 saturated carbocycles. The quantitative estimate of drug-likeness (QED) is 0.330. The predicted molar refractivity (Wildman–Crippen MR) is 121 cm³/mol. The lowest BCUT2D eigenvalue weighted by Gasteiger charge is -2.04. The Morgan fingerprint density at radius 3 is 2.62 bits per heavy atom. The minimum atomic E-state index is 0.179. The molecule has 4 nitrogen and oxygen atoms in total. The van der Waals surface area contributed by atoms with Crippen molar-refractivity contribution >= 4 is 44.4 Å².